The maximum absolute atomic E-state index is 13.0. The van der Waals surface area contributed by atoms with Gasteiger partial charge in [0.1, 0.15) is 6.61 Å². The molecule has 0 saturated carbocycles. The third kappa shape index (κ3) is 5.32. The average molecular weight is 481 g/mol. The van der Waals surface area contributed by atoms with Crippen molar-refractivity contribution in [2.75, 3.05) is 19.8 Å². The molecule has 1 fully saturated rings. The van der Waals surface area contributed by atoms with Crippen LogP contribution in [0.5, 0.6) is 0 Å². The second-order valence-corrected chi connectivity index (χ2v) is 9.11. The lowest BCUT2D eigenvalue weighted by Crippen LogP contribution is -2.57. The monoisotopic (exact) mass is 480 g/mol. The quantitative estimate of drug-likeness (QED) is 0.596. The van der Waals surface area contributed by atoms with E-state index in [1.807, 2.05) is 31.2 Å². The summed E-state index contributed by atoms with van der Waals surface area (Å²) in [6.45, 7) is 4.30. The number of ether oxygens (including phenoxy) is 2. The van der Waals surface area contributed by atoms with Crippen molar-refractivity contribution in [1.82, 2.24) is 10.2 Å². The summed E-state index contributed by atoms with van der Waals surface area (Å²) in [6.07, 6.45) is 0.166. The number of nitrogens with one attached hydrogen (secondary N) is 1. The Morgan fingerprint density at radius 1 is 1.11 bits per heavy atom. The van der Waals surface area contributed by atoms with E-state index < -0.39 is 30.3 Å². The minimum atomic E-state index is -1.10. The highest BCUT2D eigenvalue weighted by Gasteiger charge is 2.38. The highest BCUT2D eigenvalue weighted by molar-refractivity contribution is 5.85. The minimum absolute atomic E-state index is 0.00847. The second-order valence-electron chi connectivity index (χ2n) is 9.11. The fourth-order valence-corrected chi connectivity index (χ4v) is 5.14. The van der Waals surface area contributed by atoms with Gasteiger partial charge in [-0.15, -0.1) is 0 Å². The normalized spacial score (nSPS) is 20.0. The Bertz CT molecular complexity index is 1040. The molecule has 3 atom stereocenters. The van der Waals surface area contributed by atoms with Crippen molar-refractivity contribution in [1.29, 1.82) is 0 Å². The molecule has 2 aliphatic rings. The molecule has 1 saturated heterocycles. The van der Waals surface area contributed by atoms with E-state index in [2.05, 4.69) is 29.6 Å². The molecule has 186 valence electrons. The highest BCUT2D eigenvalue weighted by atomic mass is 16.5. The van der Waals surface area contributed by atoms with Crippen LogP contribution in [0.2, 0.25) is 0 Å². The van der Waals surface area contributed by atoms with Gasteiger partial charge in [0.05, 0.1) is 12.7 Å². The fourth-order valence-electron chi connectivity index (χ4n) is 5.14. The number of amides is 2. The number of rotatable bonds is 8. The van der Waals surface area contributed by atoms with Gasteiger partial charge < -0.3 is 24.8 Å². The van der Waals surface area contributed by atoms with E-state index in [-0.39, 0.29) is 38.0 Å². The molecule has 2 unspecified atom stereocenters. The largest absolute Gasteiger partial charge is 0.480 e. The summed E-state index contributed by atoms with van der Waals surface area (Å²) in [7, 11) is 0. The van der Waals surface area contributed by atoms with Gasteiger partial charge in [-0.05, 0) is 35.6 Å². The van der Waals surface area contributed by atoms with Crippen LogP contribution in [0, 0.1) is 0 Å². The van der Waals surface area contributed by atoms with E-state index >= 15 is 0 Å². The third-order valence-electron chi connectivity index (χ3n) is 6.79. The highest BCUT2D eigenvalue weighted by Crippen LogP contribution is 2.44. The van der Waals surface area contributed by atoms with Crippen LogP contribution < -0.4 is 5.32 Å². The van der Waals surface area contributed by atoms with Gasteiger partial charge in [-0.25, -0.2) is 9.59 Å². The molecule has 2 amide bonds. The molecule has 8 heteroatoms. The van der Waals surface area contributed by atoms with Gasteiger partial charge in [0.25, 0.3) is 0 Å². The summed E-state index contributed by atoms with van der Waals surface area (Å²) >= 11 is 0. The van der Waals surface area contributed by atoms with Crippen LogP contribution >= 0.6 is 0 Å². The Morgan fingerprint density at radius 2 is 1.74 bits per heavy atom. The predicted octanol–water partition coefficient (Wildman–Crippen LogP) is 3.78. The maximum atomic E-state index is 13.0. The van der Waals surface area contributed by atoms with Crippen LogP contribution in [0.25, 0.3) is 11.1 Å². The molecule has 35 heavy (non-hydrogen) atoms. The fraction of sp³-hybridized carbons (Fsp3) is 0.444. The van der Waals surface area contributed by atoms with Crippen LogP contribution in [-0.4, -0.2) is 65.9 Å². The summed E-state index contributed by atoms with van der Waals surface area (Å²) in [4.78, 5) is 38.7. The summed E-state index contributed by atoms with van der Waals surface area (Å²) in [5, 5.41) is 12.4. The number of carbonyl (C=O) groups excluding carboxylic acids is 2. The van der Waals surface area contributed by atoms with Crippen LogP contribution in [0.4, 0.5) is 4.79 Å². The molecule has 0 aromatic heterocycles. The molecular weight excluding hydrogens is 448 g/mol. The first-order valence-electron chi connectivity index (χ1n) is 12.2. The number of carbonyl (C=O) groups is 3. The van der Waals surface area contributed by atoms with E-state index in [9.17, 15) is 19.5 Å². The lowest BCUT2D eigenvalue weighted by molar-refractivity contribution is -0.165. The number of benzene rings is 2. The average Bonchev–Trinajstić information content (AvgIpc) is 3.16. The number of aliphatic carboxylic acids is 1. The maximum Gasteiger partial charge on any atom is 0.407 e. The van der Waals surface area contributed by atoms with E-state index in [1.165, 1.54) is 4.90 Å². The Hall–Kier alpha value is -3.39. The molecule has 1 heterocycles. The SMILES string of the molecule is CCC[C@H](CC(=O)N1CCOC(C)C1C(=O)O)NC(=O)OCC1c2ccccc2-c2ccccc21. The van der Waals surface area contributed by atoms with E-state index in [1.54, 1.807) is 6.92 Å². The summed E-state index contributed by atoms with van der Waals surface area (Å²) in [5.74, 6) is -1.46. The topological polar surface area (TPSA) is 105 Å². The van der Waals surface area contributed by atoms with Crippen LogP contribution in [0.3, 0.4) is 0 Å². The molecule has 4 rings (SSSR count). The van der Waals surface area contributed by atoms with Crippen LogP contribution in [0.15, 0.2) is 48.5 Å². The first-order chi connectivity index (χ1) is 16.9. The van der Waals surface area contributed by atoms with Gasteiger partial charge in [-0.2, -0.15) is 0 Å². The Balaban J connectivity index is 1.38. The third-order valence-corrected chi connectivity index (χ3v) is 6.79. The van der Waals surface area contributed by atoms with Gasteiger partial charge in [0, 0.05) is 24.9 Å². The molecular formula is C27H32N2O6. The summed E-state index contributed by atoms with van der Waals surface area (Å²) < 4.78 is 11.0. The zero-order valence-corrected chi connectivity index (χ0v) is 20.1. The minimum Gasteiger partial charge on any atom is -0.480 e. The van der Waals surface area contributed by atoms with Crippen molar-refractivity contribution in [3.8, 4) is 11.1 Å². The number of morpholine rings is 1. The number of carboxylic acids is 1. The first kappa shape index (κ1) is 24.7. The standard InChI is InChI=1S/C27H32N2O6/c1-3-8-18(15-24(30)29-13-14-34-17(2)25(29)26(31)32)28-27(33)35-16-23-21-11-6-4-9-19(21)20-10-5-7-12-22(20)23/h4-7,9-12,17-18,23,25H,3,8,13-16H2,1-2H3,(H,28,33)(H,31,32)/t17?,18-,25?/m1/s1. The molecule has 1 aliphatic carbocycles. The predicted molar refractivity (Wildman–Crippen MR) is 130 cm³/mol. The molecule has 0 radical (unpaired) electrons. The van der Waals surface area contributed by atoms with E-state index in [0.717, 1.165) is 28.7 Å². The summed E-state index contributed by atoms with van der Waals surface area (Å²) in [5.41, 5.74) is 4.56. The number of hydrogen-bond donors (Lipinski definition) is 2. The molecule has 0 spiro atoms. The Labute approximate surface area is 205 Å². The first-order valence-corrected chi connectivity index (χ1v) is 12.2. The second kappa shape index (κ2) is 10.9. The lowest BCUT2D eigenvalue weighted by atomic mass is 9.98. The van der Waals surface area contributed by atoms with Gasteiger partial charge in [-0.3, -0.25) is 4.79 Å². The molecule has 2 aromatic carbocycles. The van der Waals surface area contributed by atoms with E-state index in [4.69, 9.17) is 9.47 Å². The molecule has 0 bridgehead atoms. The zero-order valence-electron chi connectivity index (χ0n) is 20.1. The van der Waals surface area contributed by atoms with Crippen LogP contribution in [-0.2, 0) is 19.1 Å². The Kier molecular flexibility index (Phi) is 7.70. The number of nitrogens with zero attached hydrogens (tertiary/aromatic N) is 1. The molecule has 8 nitrogen and oxygen atoms in total. The molecule has 1 aliphatic heterocycles. The zero-order chi connectivity index (χ0) is 24.9. The lowest BCUT2D eigenvalue weighted by Gasteiger charge is -2.37. The van der Waals surface area contributed by atoms with Gasteiger partial charge in [0.2, 0.25) is 5.91 Å². The van der Waals surface area contributed by atoms with Crippen molar-refractivity contribution >= 4 is 18.0 Å². The van der Waals surface area contributed by atoms with E-state index in [0.29, 0.717) is 6.42 Å². The van der Waals surface area contributed by atoms with Gasteiger partial charge in [-0.1, -0.05) is 61.9 Å². The number of alkyl carbamates (subject to hydrolysis) is 1. The van der Waals surface area contributed by atoms with Crippen molar-refractivity contribution < 1.29 is 29.0 Å². The Morgan fingerprint density at radius 3 is 2.34 bits per heavy atom. The summed E-state index contributed by atoms with van der Waals surface area (Å²) in [6, 6.07) is 14.8. The van der Waals surface area contributed by atoms with Crippen LogP contribution in [0.1, 0.15) is 50.2 Å². The van der Waals surface area contributed by atoms with Crippen molar-refractivity contribution in [3.05, 3.63) is 59.7 Å². The van der Waals surface area contributed by atoms with Crippen molar-refractivity contribution in [2.24, 2.45) is 0 Å². The van der Waals surface area contributed by atoms with Gasteiger partial charge >= 0.3 is 12.1 Å². The van der Waals surface area contributed by atoms with Crippen molar-refractivity contribution in [2.45, 2.75) is 57.2 Å². The smallest absolute Gasteiger partial charge is 0.407 e. The molecule has 2 N–H and O–H groups in total. The number of carboxylic acid groups (broad SMARTS) is 1. The van der Waals surface area contributed by atoms with Gasteiger partial charge in [0.15, 0.2) is 6.04 Å². The molecule has 2 aromatic rings. The van der Waals surface area contributed by atoms with Crippen molar-refractivity contribution in [3.63, 3.8) is 0 Å². The number of fused-ring (bicyclic) bond motifs is 3. The number of hydrogen-bond acceptors (Lipinski definition) is 5.